The lowest BCUT2D eigenvalue weighted by Gasteiger charge is -2.47. The highest BCUT2D eigenvalue weighted by Crippen LogP contribution is 2.45. The average Bonchev–Trinajstić information content (AvgIpc) is 2.95. The van der Waals surface area contributed by atoms with Crippen LogP contribution >= 0.6 is 0 Å². The maximum absolute atomic E-state index is 12.8. The molecule has 1 amide bonds. The fourth-order valence-corrected chi connectivity index (χ4v) is 3.49. The van der Waals surface area contributed by atoms with E-state index < -0.39 is 11.2 Å². The van der Waals surface area contributed by atoms with Gasteiger partial charge in [0, 0.05) is 6.54 Å². The van der Waals surface area contributed by atoms with Gasteiger partial charge in [-0.25, -0.2) is 4.79 Å². The van der Waals surface area contributed by atoms with Crippen LogP contribution in [0.2, 0.25) is 0 Å². The van der Waals surface area contributed by atoms with E-state index in [9.17, 15) is 4.79 Å². The second-order valence-corrected chi connectivity index (χ2v) is 7.26. The van der Waals surface area contributed by atoms with Gasteiger partial charge in [0.25, 0.3) is 0 Å². The van der Waals surface area contributed by atoms with E-state index in [-0.39, 0.29) is 12.1 Å². The smallest absolute Gasteiger partial charge is 0.410 e. The predicted octanol–water partition coefficient (Wildman–Crippen LogP) is 4.08. The third-order valence-electron chi connectivity index (χ3n) is 4.33. The number of likely N-dealkylation sites (tertiary alicyclic amines) is 1. The summed E-state index contributed by atoms with van der Waals surface area (Å²) in [6.07, 6.45) is 5.74. The normalized spacial score (nSPS) is 27.4. The van der Waals surface area contributed by atoms with Crippen molar-refractivity contribution < 1.29 is 14.3 Å². The predicted molar refractivity (Wildman–Crippen MR) is 89.2 cm³/mol. The zero-order valence-electron chi connectivity index (χ0n) is 14.1. The van der Waals surface area contributed by atoms with Gasteiger partial charge in [-0.1, -0.05) is 42.5 Å². The highest BCUT2D eigenvalue weighted by atomic mass is 16.6. The molecule has 3 rings (SSSR count). The van der Waals surface area contributed by atoms with Gasteiger partial charge in [-0.3, -0.25) is 4.90 Å². The lowest BCUT2D eigenvalue weighted by Crippen LogP contribution is -2.53. The zero-order valence-corrected chi connectivity index (χ0v) is 14.1. The van der Waals surface area contributed by atoms with Crippen molar-refractivity contribution in [1.82, 2.24) is 4.90 Å². The van der Waals surface area contributed by atoms with Crippen LogP contribution in [0.25, 0.3) is 0 Å². The summed E-state index contributed by atoms with van der Waals surface area (Å²) >= 11 is 0. The van der Waals surface area contributed by atoms with Crippen LogP contribution < -0.4 is 0 Å². The zero-order chi connectivity index (χ0) is 16.5. The number of amides is 1. The van der Waals surface area contributed by atoms with Crippen LogP contribution in [0.4, 0.5) is 4.79 Å². The monoisotopic (exact) mass is 315 g/mol. The fraction of sp³-hybridized carbons (Fsp3) is 0.526. The second-order valence-electron chi connectivity index (χ2n) is 7.26. The molecule has 0 radical (unpaired) electrons. The van der Waals surface area contributed by atoms with Crippen LogP contribution in [0.1, 0.15) is 45.2 Å². The molecule has 0 saturated carbocycles. The van der Waals surface area contributed by atoms with Crippen molar-refractivity contribution in [3.8, 4) is 0 Å². The summed E-state index contributed by atoms with van der Waals surface area (Å²) in [5, 5.41) is 0. The van der Waals surface area contributed by atoms with Gasteiger partial charge in [0.1, 0.15) is 11.2 Å². The van der Waals surface area contributed by atoms with E-state index in [0.29, 0.717) is 13.2 Å². The Morgan fingerprint density at radius 2 is 2.04 bits per heavy atom. The molecule has 4 nitrogen and oxygen atoms in total. The molecule has 2 heterocycles. The van der Waals surface area contributed by atoms with Crippen molar-refractivity contribution in [3.63, 3.8) is 0 Å². The van der Waals surface area contributed by atoms with E-state index in [2.05, 4.69) is 24.3 Å². The number of ether oxygens (including phenoxy) is 2. The minimum absolute atomic E-state index is 0.147. The maximum Gasteiger partial charge on any atom is 0.410 e. The van der Waals surface area contributed by atoms with E-state index in [0.717, 1.165) is 18.4 Å². The van der Waals surface area contributed by atoms with Gasteiger partial charge in [0.15, 0.2) is 0 Å². The second kappa shape index (κ2) is 6.00. The summed E-state index contributed by atoms with van der Waals surface area (Å²) in [4.78, 5) is 14.6. The molecule has 1 spiro atoms. The number of nitrogens with zero attached hydrogens (tertiary/aromatic N) is 1. The van der Waals surface area contributed by atoms with Gasteiger partial charge in [-0.2, -0.15) is 0 Å². The molecule has 1 aromatic rings. The fourth-order valence-electron chi connectivity index (χ4n) is 3.49. The Kier molecular flexibility index (Phi) is 4.19. The number of benzene rings is 1. The van der Waals surface area contributed by atoms with Gasteiger partial charge in [-0.05, 0) is 39.2 Å². The lowest BCUT2D eigenvalue weighted by molar-refractivity contribution is -0.0812. The Morgan fingerprint density at radius 3 is 2.65 bits per heavy atom. The van der Waals surface area contributed by atoms with Crippen LogP contribution in [0.3, 0.4) is 0 Å². The first-order valence-corrected chi connectivity index (χ1v) is 8.28. The third kappa shape index (κ3) is 3.27. The highest BCUT2D eigenvalue weighted by Gasteiger charge is 2.48. The first-order valence-electron chi connectivity index (χ1n) is 8.28. The summed E-state index contributed by atoms with van der Waals surface area (Å²) in [6.45, 7) is 6.98. The first-order chi connectivity index (χ1) is 10.9. The molecular weight excluding hydrogens is 290 g/mol. The molecule has 0 aromatic heterocycles. The van der Waals surface area contributed by atoms with Crippen molar-refractivity contribution >= 4 is 6.09 Å². The molecule has 23 heavy (non-hydrogen) atoms. The molecule has 0 unspecified atom stereocenters. The van der Waals surface area contributed by atoms with E-state index in [1.807, 2.05) is 43.9 Å². The molecule has 2 atom stereocenters. The Labute approximate surface area is 138 Å². The maximum atomic E-state index is 12.8. The highest BCUT2D eigenvalue weighted by molar-refractivity contribution is 5.69. The van der Waals surface area contributed by atoms with Gasteiger partial charge in [0.2, 0.25) is 0 Å². The van der Waals surface area contributed by atoms with Gasteiger partial charge in [0.05, 0.1) is 12.6 Å². The standard InChI is InChI=1S/C19H25NO3/c1-18(2,3)23-17(21)20-13-7-11-19(12-8-14-22-19)16(20)15-9-5-4-6-10-15/h4-6,8-10,12,16H,7,11,13-14H2,1-3H3/t16-,19-/m0/s1. The average molecular weight is 315 g/mol. The van der Waals surface area contributed by atoms with Crippen molar-refractivity contribution in [3.05, 3.63) is 48.0 Å². The third-order valence-corrected chi connectivity index (χ3v) is 4.33. The quantitative estimate of drug-likeness (QED) is 0.733. The molecule has 1 fully saturated rings. The number of carbonyl (C=O) groups excluding carboxylic acids is 1. The first kappa shape index (κ1) is 16.1. The van der Waals surface area contributed by atoms with Crippen molar-refractivity contribution in [2.24, 2.45) is 0 Å². The summed E-state index contributed by atoms with van der Waals surface area (Å²) in [7, 11) is 0. The minimum atomic E-state index is -0.505. The molecule has 1 aromatic carbocycles. The van der Waals surface area contributed by atoms with Gasteiger partial charge < -0.3 is 9.47 Å². The summed E-state index contributed by atoms with van der Waals surface area (Å²) < 4.78 is 11.7. The Morgan fingerprint density at radius 1 is 1.30 bits per heavy atom. The van der Waals surface area contributed by atoms with E-state index in [1.165, 1.54) is 0 Å². The van der Waals surface area contributed by atoms with Gasteiger partial charge >= 0.3 is 6.09 Å². The van der Waals surface area contributed by atoms with Crippen molar-refractivity contribution in [2.45, 2.75) is 50.9 Å². The number of carbonyl (C=O) groups is 1. The Bertz CT molecular complexity index is 590. The van der Waals surface area contributed by atoms with E-state index in [1.54, 1.807) is 0 Å². The number of hydrogen-bond acceptors (Lipinski definition) is 3. The van der Waals surface area contributed by atoms with Crippen LogP contribution in [-0.2, 0) is 9.47 Å². The molecule has 0 N–H and O–H groups in total. The number of hydrogen-bond donors (Lipinski definition) is 0. The molecule has 0 aliphatic carbocycles. The van der Waals surface area contributed by atoms with Crippen LogP contribution in [0.5, 0.6) is 0 Å². The lowest BCUT2D eigenvalue weighted by atomic mass is 9.81. The van der Waals surface area contributed by atoms with E-state index >= 15 is 0 Å². The molecule has 1 saturated heterocycles. The number of piperidine rings is 1. The molecular formula is C19H25NO3. The molecule has 0 bridgehead atoms. The molecule has 2 aliphatic rings. The van der Waals surface area contributed by atoms with Gasteiger partial charge in [-0.15, -0.1) is 0 Å². The van der Waals surface area contributed by atoms with Crippen LogP contribution in [0, 0.1) is 0 Å². The molecule has 124 valence electrons. The van der Waals surface area contributed by atoms with Crippen LogP contribution in [-0.4, -0.2) is 35.3 Å². The van der Waals surface area contributed by atoms with Crippen LogP contribution in [0.15, 0.2) is 42.5 Å². The van der Waals surface area contributed by atoms with Crippen molar-refractivity contribution in [1.29, 1.82) is 0 Å². The topological polar surface area (TPSA) is 38.8 Å². The minimum Gasteiger partial charge on any atom is -0.444 e. The SMILES string of the molecule is CC(C)(C)OC(=O)N1CCC[C@]2(C=CCO2)[C@@H]1c1ccccc1. The summed E-state index contributed by atoms with van der Waals surface area (Å²) in [5.41, 5.74) is 0.149. The summed E-state index contributed by atoms with van der Waals surface area (Å²) in [5.74, 6) is 0. The Hall–Kier alpha value is -1.81. The molecule has 2 aliphatic heterocycles. The van der Waals surface area contributed by atoms with Crippen molar-refractivity contribution in [2.75, 3.05) is 13.2 Å². The number of rotatable bonds is 1. The molecule has 4 heteroatoms. The summed E-state index contributed by atoms with van der Waals surface area (Å²) in [6, 6.07) is 9.97. The Balaban J connectivity index is 1.96. The largest absolute Gasteiger partial charge is 0.444 e. The van der Waals surface area contributed by atoms with E-state index in [4.69, 9.17) is 9.47 Å².